The van der Waals surface area contributed by atoms with E-state index < -0.39 is 0 Å². The number of rotatable bonds is 12. The number of ether oxygens (including phenoxy) is 2. The fourth-order valence-corrected chi connectivity index (χ4v) is 3.23. The van der Waals surface area contributed by atoms with Gasteiger partial charge in [-0.05, 0) is 48.1 Å². The molecule has 0 aliphatic rings. The van der Waals surface area contributed by atoms with Gasteiger partial charge in [0.2, 0.25) is 0 Å². The van der Waals surface area contributed by atoms with Crippen molar-refractivity contribution in [1.82, 2.24) is 0 Å². The van der Waals surface area contributed by atoms with Crippen LogP contribution in [0.4, 0.5) is 0 Å². The Kier molecular flexibility index (Phi) is 8.61. The van der Waals surface area contributed by atoms with Crippen LogP contribution in [0.15, 0.2) is 78.9 Å². The van der Waals surface area contributed by atoms with Crippen LogP contribution in [0.2, 0.25) is 0 Å². The van der Waals surface area contributed by atoms with Crippen LogP contribution < -0.4 is 9.47 Å². The van der Waals surface area contributed by atoms with E-state index in [1.165, 1.54) is 16.7 Å². The highest BCUT2D eigenvalue weighted by Gasteiger charge is 2.08. The Morgan fingerprint density at radius 1 is 0.552 bits per heavy atom. The van der Waals surface area contributed by atoms with Crippen molar-refractivity contribution >= 4 is 0 Å². The predicted molar refractivity (Wildman–Crippen MR) is 118 cm³/mol. The molecule has 0 aliphatic carbocycles. The summed E-state index contributed by atoms with van der Waals surface area (Å²) in [5.74, 6) is 1.59. The van der Waals surface area contributed by atoms with E-state index >= 15 is 0 Å². The SMILES string of the molecule is OCCCCc1ccc(OCCc2ccccc2)c(OCCc2ccccc2)c1. The highest BCUT2D eigenvalue weighted by molar-refractivity contribution is 5.43. The van der Waals surface area contributed by atoms with Gasteiger partial charge in [-0.15, -0.1) is 0 Å². The van der Waals surface area contributed by atoms with Gasteiger partial charge in [0.15, 0.2) is 11.5 Å². The van der Waals surface area contributed by atoms with E-state index in [4.69, 9.17) is 14.6 Å². The van der Waals surface area contributed by atoms with Gasteiger partial charge in [0, 0.05) is 19.4 Å². The summed E-state index contributed by atoms with van der Waals surface area (Å²) in [4.78, 5) is 0. The Labute approximate surface area is 173 Å². The highest BCUT2D eigenvalue weighted by atomic mass is 16.5. The Morgan fingerprint density at radius 2 is 1.14 bits per heavy atom. The van der Waals surface area contributed by atoms with Gasteiger partial charge in [0.25, 0.3) is 0 Å². The summed E-state index contributed by atoms with van der Waals surface area (Å²) in [7, 11) is 0. The molecule has 0 heterocycles. The number of hydrogen-bond acceptors (Lipinski definition) is 3. The molecular formula is C26H30O3. The topological polar surface area (TPSA) is 38.7 Å². The van der Waals surface area contributed by atoms with Crippen molar-refractivity contribution in [2.45, 2.75) is 32.1 Å². The molecule has 0 amide bonds. The second kappa shape index (κ2) is 11.9. The molecule has 1 N–H and O–H groups in total. The monoisotopic (exact) mass is 390 g/mol. The molecule has 0 unspecified atom stereocenters. The molecule has 0 saturated heterocycles. The van der Waals surface area contributed by atoms with Gasteiger partial charge in [-0.1, -0.05) is 66.7 Å². The second-order valence-corrected chi connectivity index (χ2v) is 7.13. The fraction of sp³-hybridized carbons (Fsp3) is 0.308. The van der Waals surface area contributed by atoms with Gasteiger partial charge >= 0.3 is 0 Å². The minimum absolute atomic E-state index is 0.237. The number of aryl methyl sites for hydroxylation is 1. The van der Waals surface area contributed by atoms with Crippen molar-refractivity contribution < 1.29 is 14.6 Å². The number of aliphatic hydroxyl groups is 1. The first kappa shape index (κ1) is 20.9. The Balaban J connectivity index is 1.61. The third kappa shape index (κ3) is 7.28. The standard InChI is InChI=1S/C26H30O3/c27-18-8-7-13-24-14-15-25(28-19-16-22-9-3-1-4-10-22)26(21-24)29-20-17-23-11-5-2-6-12-23/h1-6,9-12,14-15,21,27H,7-8,13,16-20H2. The van der Waals surface area contributed by atoms with Gasteiger partial charge in [-0.3, -0.25) is 0 Å². The third-order valence-corrected chi connectivity index (χ3v) is 4.86. The van der Waals surface area contributed by atoms with Gasteiger partial charge in [0.1, 0.15) is 0 Å². The summed E-state index contributed by atoms with van der Waals surface area (Å²) in [6, 6.07) is 26.9. The van der Waals surface area contributed by atoms with Crippen LogP contribution in [0.3, 0.4) is 0 Å². The largest absolute Gasteiger partial charge is 0.489 e. The molecular weight excluding hydrogens is 360 g/mol. The molecule has 29 heavy (non-hydrogen) atoms. The lowest BCUT2D eigenvalue weighted by Gasteiger charge is -2.15. The van der Waals surface area contributed by atoms with E-state index in [1.807, 2.05) is 18.2 Å². The lowest BCUT2D eigenvalue weighted by molar-refractivity contribution is 0.271. The van der Waals surface area contributed by atoms with Gasteiger partial charge in [-0.2, -0.15) is 0 Å². The first-order valence-electron chi connectivity index (χ1n) is 10.4. The van der Waals surface area contributed by atoms with Crippen LogP contribution in [-0.4, -0.2) is 24.9 Å². The zero-order valence-electron chi connectivity index (χ0n) is 16.9. The van der Waals surface area contributed by atoms with E-state index in [2.05, 4.69) is 60.7 Å². The van der Waals surface area contributed by atoms with Crippen molar-refractivity contribution in [2.24, 2.45) is 0 Å². The predicted octanol–water partition coefficient (Wildman–Crippen LogP) is 5.24. The van der Waals surface area contributed by atoms with Gasteiger partial charge in [0.05, 0.1) is 13.2 Å². The van der Waals surface area contributed by atoms with E-state index in [0.29, 0.717) is 13.2 Å². The molecule has 3 aromatic carbocycles. The van der Waals surface area contributed by atoms with Crippen molar-refractivity contribution in [1.29, 1.82) is 0 Å². The summed E-state index contributed by atoms with van der Waals surface area (Å²) in [6.07, 6.45) is 4.44. The van der Waals surface area contributed by atoms with Crippen LogP contribution in [0, 0.1) is 0 Å². The number of aliphatic hydroxyl groups excluding tert-OH is 1. The lowest BCUT2D eigenvalue weighted by atomic mass is 10.1. The molecule has 3 nitrogen and oxygen atoms in total. The Bertz CT molecular complexity index is 831. The average molecular weight is 391 g/mol. The molecule has 3 rings (SSSR count). The molecule has 0 bridgehead atoms. The summed E-state index contributed by atoms with van der Waals surface area (Å²) >= 11 is 0. The molecule has 3 heteroatoms. The average Bonchev–Trinajstić information content (AvgIpc) is 2.77. The molecule has 0 aliphatic heterocycles. The number of hydrogen-bond donors (Lipinski definition) is 1. The number of unbranched alkanes of at least 4 members (excludes halogenated alkanes) is 1. The summed E-state index contributed by atoms with van der Waals surface area (Å²) in [6.45, 7) is 1.46. The van der Waals surface area contributed by atoms with E-state index in [9.17, 15) is 0 Å². The zero-order valence-corrected chi connectivity index (χ0v) is 16.9. The molecule has 0 spiro atoms. The third-order valence-electron chi connectivity index (χ3n) is 4.86. The molecule has 0 fully saturated rings. The van der Waals surface area contributed by atoms with Crippen molar-refractivity contribution in [3.05, 3.63) is 95.6 Å². The van der Waals surface area contributed by atoms with Crippen LogP contribution in [-0.2, 0) is 19.3 Å². The Hall–Kier alpha value is -2.78. The molecule has 0 radical (unpaired) electrons. The first-order chi connectivity index (χ1) is 14.3. The van der Waals surface area contributed by atoms with E-state index in [0.717, 1.165) is 43.6 Å². The smallest absolute Gasteiger partial charge is 0.161 e. The van der Waals surface area contributed by atoms with Crippen LogP contribution in [0.1, 0.15) is 29.5 Å². The van der Waals surface area contributed by atoms with Crippen molar-refractivity contribution in [2.75, 3.05) is 19.8 Å². The second-order valence-electron chi connectivity index (χ2n) is 7.13. The quantitative estimate of drug-likeness (QED) is 0.430. The van der Waals surface area contributed by atoms with E-state index in [1.54, 1.807) is 0 Å². The minimum atomic E-state index is 0.237. The normalized spacial score (nSPS) is 10.7. The molecule has 0 saturated carbocycles. The zero-order chi connectivity index (χ0) is 20.2. The molecule has 0 aromatic heterocycles. The maximum absolute atomic E-state index is 9.01. The van der Waals surface area contributed by atoms with Gasteiger partial charge < -0.3 is 14.6 Å². The van der Waals surface area contributed by atoms with Crippen LogP contribution >= 0.6 is 0 Å². The molecule has 3 aromatic rings. The first-order valence-corrected chi connectivity index (χ1v) is 10.4. The van der Waals surface area contributed by atoms with Crippen LogP contribution in [0.5, 0.6) is 11.5 Å². The van der Waals surface area contributed by atoms with Crippen LogP contribution in [0.25, 0.3) is 0 Å². The van der Waals surface area contributed by atoms with Crippen molar-refractivity contribution in [3.8, 4) is 11.5 Å². The molecule has 0 atom stereocenters. The summed E-state index contributed by atoms with van der Waals surface area (Å²) < 4.78 is 12.2. The maximum atomic E-state index is 9.01. The maximum Gasteiger partial charge on any atom is 0.161 e. The number of benzene rings is 3. The summed E-state index contributed by atoms with van der Waals surface area (Å²) in [5.41, 5.74) is 3.74. The molecule has 152 valence electrons. The summed E-state index contributed by atoms with van der Waals surface area (Å²) in [5, 5.41) is 9.01. The van der Waals surface area contributed by atoms with E-state index in [-0.39, 0.29) is 6.61 Å². The highest BCUT2D eigenvalue weighted by Crippen LogP contribution is 2.29. The van der Waals surface area contributed by atoms with Crippen molar-refractivity contribution in [3.63, 3.8) is 0 Å². The fourth-order valence-electron chi connectivity index (χ4n) is 3.23. The van der Waals surface area contributed by atoms with Gasteiger partial charge in [-0.25, -0.2) is 0 Å². The lowest BCUT2D eigenvalue weighted by Crippen LogP contribution is -2.06. The minimum Gasteiger partial charge on any atom is -0.489 e. The Morgan fingerprint density at radius 3 is 1.72 bits per heavy atom.